The minimum Gasteiger partial charge on any atom is -0.497 e. The minimum absolute atomic E-state index is 0.200. The van der Waals surface area contributed by atoms with Crippen LogP contribution >= 0.6 is 11.6 Å². The average molecular weight is 427 g/mol. The third-order valence-electron chi connectivity index (χ3n) is 5.78. The Morgan fingerprint density at radius 2 is 2.03 bits per heavy atom. The van der Waals surface area contributed by atoms with Crippen LogP contribution in [0.5, 0.6) is 17.2 Å². The maximum absolute atomic E-state index is 6.45. The van der Waals surface area contributed by atoms with Gasteiger partial charge in [0.1, 0.15) is 11.5 Å². The van der Waals surface area contributed by atoms with Crippen molar-refractivity contribution in [3.8, 4) is 28.7 Å². The topological polar surface area (TPSA) is 57.0 Å². The summed E-state index contributed by atoms with van der Waals surface area (Å²) in [5.74, 6) is 3.49. The fourth-order valence-electron chi connectivity index (χ4n) is 4.21. The predicted octanol–water partition coefficient (Wildman–Crippen LogP) is 5.38. The van der Waals surface area contributed by atoms with E-state index in [1.807, 2.05) is 25.1 Å². The van der Waals surface area contributed by atoms with Gasteiger partial charge >= 0.3 is 0 Å². The molecule has 1 unspecified atom stereocenters. The van der Waals surface area contributed by atoms with E-state index in [0.29, 0.717) is 34.0 Å². The number of rotatable bonds is 5. The van der Waals surface area contributed by atoms with Crippen molar-refractivity contribution in [1.29, 1.82) is 0 Å². The van der Waals surface area contributed by atoms with Crippen LogP contribution in [0.4, 0.5) is 0 Å². The molecule has 0 bridgehead atoms. The summed E-state index contributed by atoms with van der Waals surface area (Å²) in [6.45, 7) is 3.89. The van der Waals surface area contributed by atoms with E-state index in [1.54, 1.807) is 13.2 Å². The number of benzene rings is 2. The molecule has 0 N–H and O–H groups in total. The summed E-state index contributed by atoms with van der Waals surface area (Å²) in [7, 11) is 1.70. The highest BCUT2D eigenvalue weighted by Crippen LogP contribution is 2.41. The van der Waals surface area contributed by atoms with E-state index in [-0.39, 0.29) is 6.79 Å². The number of oxazole rings is 1. The average Bonchev–Trinajstić information content (AvgIpc) is 3.48. The quantitative estimate of drug-likeness (QED) is 0.546. The first-order valence-corrected chi connectivity index (χ1v) is 10.4. The Morgan fingerprint density at radius 1 is 1.20 bits per heavy atom. The Balaban J connectivity index is 1.40. The zero-order valence-corrected chi connectivity index (χ0v) is 17.7. The molecule has 2 aromatic carbocycles. The highest BCUT2D eigenvalue weighted by Gasteiger charge is 2.28. The van der Waals surface area contributed by atoms with Crippen molar-refractivity contribution in [3.05, 3.63) is 58.4 Å². The first-order chi connectivity index (χ1) is 14.6. The summed E-state index contributed by atoms with van der Waals surface area (Å²) in [5.41, 5.74) is 2.90. The number of ether oxygens (including phenoxy) is 3. The summed E-state index contributed by atoms with van der Waals surface area (Å²) in [5, 5.41) is 0.530. The highest BCUT2D eigenvalue weighted by molar-refractivity contribution is 6.33. The number of hydrogen-bond donors (Lipinski definition) is 0. The second-order valence-corrected chi connectivity index (χ2v) is 8.02. The zero-order valence-electron chi connectivity index (χ0n) is 17.0. The summed E-state index contributed by atoms with van der Waals surface area (Å²) in [6, 6.07) is 12.2. The van der Waals surface area contributed by atoms with Gasteiger partial charge in [-0.3, -0.25) is 4.90 Å². The predicted molar refractivity (Wildman–Crippen MR) is 113 cm³/mol. The van der Waals surface area contributed by atoms with Crippen molar-refractivity contribution < 1.29 is 18.6 Å². The number of fused-ring (bicyclic) bond motifs is 1. The van der Waals surface area contributed by atoms with Crippen LogP contribution < -0.4 is 14.2 Å². The fourth-order valence-corrected chi connectivity index (χ4v) is 4.44. The van der Waals surface area contributed by atoms with Crippen LogP contribution in [0.25, 0.3) is 11.5 Å². The van der Waals surface area contributed by atoms with Crippen molar-refractivity contribution in [2.75, 3.05) is 20.4 Å². The van der Waals surface area contributed by atoms with Crippen LogP contribution in [0.3, 0.4) is 0 Å². The number of likely N-dealkylation sites (tertiary alicyclic amines) is 1. The molecule has 2 aliphatic rings. The van der Waals surface area contributed by atoms with Crippen LogP contribution in [0, 0.1) is 6.92 Å². The number of methoxy groups -OCH3 is 1. The SMILES string of the molecule is COc1cccc(C2CCCN2Cc2nc(-c3cc4c(cc3Cl)OCO4)oc2C)c1. The van der Waals surface area contributed by atoms with E-state index in [4.69, 9.17) is 35.2 Å². The maximum atomic E-state index is 6.45. The van der Waals surface area contributed by atoms with Crippen LogP contribution in [-0.2, 0) is 6.54 Å². The lowest BCUT2D eigenvalue weighted by molar-refractivity contribution is 0.174. The molecule has 1 atom stereocenters. The number of nitrogens with zero attached hydrogens (tertiary/aromatic N) is 2. The van der Waals surface area contributed by atoms with Gasteiger partial charge < -0.3 is 18.6 Å². The summed E-state index contributed by atoms with van der Waals surface area (Å²) < 4.78 is 22.3. The lowest BCUT2D eigenvalue weighted by Gasteiger charge is -2.24. The molecule has 0 spiro atoms. The minimum atomic E-state index is 0.200. The molecule has 1 fully saturated rings. The Hall–Kier alpha value is -2.70. The lowest BCUT2D eigenvalue weighted by atomic mass is 10.0. The summed E-state index contributed by atoms with van der Waals surface area (Å²) in [6.07, 6.45) is 2.27. The molecular weight excluding hydrogens is 404 g/mol. The van der Waals surface area contributed by atoms with Gasteiger partial charge in [0.15, 0.2) is 11.5 Å². The van der Waals surface area contributed by atoms with Gasteiger partial charge in [0.2, 0.25) is 12.7 Å². The Morgan fingerprint density at radius 3 is 2.87 bits per heavy atom. The molecule has 6 nitrogen and oxygen atoms in total. The normalized spacial score (nSPS) is 18.2. The molecule has 3 aromatic rings. The molecule has 30 heavy (non-hydrogen) atoms. The van der Waals surface area contributed by atoms with Gasteiger partial charge in [0.05, 0.1) is 23.4 Å². The highest BCUT2D eigenvalue weighted by atomic mass is 35.5. The molecule has 0 amide bonds. The Labute approximate surface area is 180 Å². The largest absolute Gasteiger partial charge is 0.497 e. The molecule has 156 valence electrons. The van der Waals surface area contributed by atoms with Crippen LogP contribution in [0.1, 0.15) is 35.9 Å². The van der Waals surface area contributed by atoms with E-state index >= 15 is 0 Å². The first kappa shape index (κ1) is 19.3. The number of halogens is 1. The smallest absolute Gasteiger partial charge is 0.231 e. The van der Waals surface area contributed by atoms with Gasteiger partial charge in [-0.05, 0) is 50.1 Å². The van der Waals surface area contributed by atoms with Gasteiger partial charge in [-0.15, -0.1) is 0 Å². The van der Waals surface area contributed by atoms with Crippen LogP contribution in [0.15, 0.2) is 40.8 Å². The molecule has 1 saturated heterocycles. The number of hydrogen-bond acceptors (Lipinski definition) is 6. The second-order valence-electron chi connectivity index (χ2n) is 7.61. The van der Waals surface area contributed by atoms with Gasteiger partial charge in [-0.1, -0.05) is 23.7 Å². The Kier molecular flexibility index (Phi) is 5.05. The third kappa shape index (κ3) is 3.50. The van der Waals surface area contributed by atoms with Crippen molar-refractivity contribution in [2.24, 2.45) is 0 Å². The van der Waals surface area contributed by atoms with E-state index in [0.717, 1.165) is 43.1 Å². The summed E-state index contributed by atoms with van der Waals surface area (Å²) >= 11 is 6.45. The number of aryl methyl sites for hydroxylation is 1. The molecule has 7 heteroatoms. The summed E-state index contributed by atoms with van der Waals surface area (Å²) in [4.78, 5) is 7.23. The molecule has 0 radical (unpaired) electrons. The van der Waals surface area contributed by atoms with E-state index in [2.05, 4.69) is 17.0 Å². The lowest BCUT2D eigenvalue weighted by Crippen LogP contribution is -2.23. The standard InChI is InChI=1S/C23H23ClN2O4/c1-14-19(12-26-8-4-7-20(26)15-5-3-6-16(9-15)27-2)25-23(30-14)17-10-21-22(11-18(17)24)29-13-28-21/h3,5-6,9-11,20H,4,7-8,12-13H2,1-2H3. The van der Waals surface area contributed by atoms with Gasteiger partial charge in [0.25, 0.3) is 0 Å². The molecule has 2 aliphatic heterocycles. The van der Waals surface area contributed by atoms with Gasteiger partial charge in [0, 0.05) is 18.7 Å². The van der Waals surface area contributed by atoms with E-state index in [1.165, 1.54) is 5.56 Å². The Bertz CT molecular complexity index is 1080. The molecule has 5 rings (SSSR count). The first-order valence-electron chi connectivity index (χ1n) is 10.1. The van der Waals surface area contributed by atoms with Gasteiger partial charge in [-0.2, -0.15) is 0 Å². The van der Waals surface area contributed by atoms with Crippen molar-refractivity contribution in [2.45, 2.75) is 32.4 Å². The second kappa shape index (κ2) is 7.85. The molecule has 0 saturated carbocycles. The zero-order chi connectivity index (χ0) is 20.7. The monoisotopic (exact) mass is 426 g/mol. The van der Waals surface area contributed by atoms with Crippen molar-refractivity contribution in [1.82, 2.24) is 9.88 Å². The van der Waals surface area contributed by atoms with Crippen LogP contribution in [0.2, 0.25) is 5.02 Å². The molecule has 0 aliphatic carbocycles. The van der Waals surface area contributed by atoms with E-state index in [9.17, 15) is 0 Å². The van der Waals surface area contributed by atoms with E-state index < -0.39 is 0 Å². The maximum Gasteiger partial charge on any atom is 0.231 e. The van der Waals surface area contributed by atoms with Gasteiger partial charge in [-0.25, -0.2) is 4.98 Å². The molecule has 1 aromatic heterocycles. The fraction of sp³-hybridized carbons (Fsp3) is 0.348. The molecule has 3 heterocycles. The third-order valence-corrected chi connectivity index (χ3v) is 6.09. The van der Waals surface area contributed by atoms with Crippen molar-refractivity contribution in [3.63, 3.8) is 0 Å². The number of aromatic nitrogens is 1. The van der Waals surface area contributed by atoms with Crippen LogP contribution in [-0.4, -0.2) is 30.3 Å². The van der Waals surface area contributed by atoms with Crippen molar-refractivity contribution >= 4 is 11.6 Å². The molecular formula is C23H23ClN2O4.